The minimum atomic E-state index is -1.03. The molecule has 2 atom stereocenters. The van der Waals surface area contributed by atoms with Crippen LogP contribution >= 0.6 is 0 Å². The highest BCUT2D eigenvalue weighted by atomic mass is 16.4. The molecule has 0 saturated carbocycles. The fourth-order valence-electron chi connectivity index (χ4n) is 1.96. The molecule has 1 rings (SSSR count). The third kappa shape index (κ3) is 4.57. The van der Waals surface area contributed by atoms with Gasteiger partial charge in [-0.05, 0) is 17.9 Å². The number of amides is 2. The highest BCUT2D eigenvalue weighted by Gasteiger charge is 2.24. The van der Waals surface area contributed by atoms with Gasteiger partial charge in [0, 0.05) is 0 Å². The second-order valence-corrected chi connectivity index (χ2v) is 5.05. The van der Waals surface area contributed by atoms with Crippen molar-refractivity contribution in [1.82, 2.24) is 10.6 Å². The lowest BCUT2D eigenvalue weighted by Gasteiger charge is -2.22. The van der Waals surface area contributed by atoms with Crippen LogP contribution in [0.15, 0.2) is 30.3 Å². The Bertz CT molecular complexity index is 446. The van der Waals surface area contributed by atoms with Crippen LogP contribution in [0, 0.1) is 5.92 Å². The highest BCUT2D eigenvalue weighted by Crippen LogP contribution is 2.15. The topological polar surface area (TPSA) is 78.4 Å². The second kappa shape index (κ2) is 7.53. The largest absolute Gasteiger partial charge is 0.480 e. The molecule has 110 valence electrons. The van der Waals surface area contributed by atoms with Gasteiger partial charge in [0.1, 0.15) is 6.04 Å². The average Bonchev–Trinajstić information content (AvgIpc) is 2.42. The maximum absolute atomic E-state index is 11.9. The van der Waals surface area contributed by atoms with Crippen LogP contribution in [0.5, 0.6) is 0 Å². The zero-order chi connectivity index (χ0) is 15.1. The fourth-order valence-corrected chi connectivity index (χ4v) is 1.96. The number of urea groups is 1. The third-order valence-corrected chi connectivity index (χ3v) is 3.13. The zero-order valence-corrected chi connectivity index (χ0v) is 12.1. The molecule has 1 aromatic carbocycles. The van der Waals surface area contributed by atoms with Gasteiger partial charge >= 0.3 is 12.0 Å². The smallest absolute Gasteiger partial charge is 0.326 e. The number of hydrogen-bond donors (Lipinski definition) is 3. The molecular formula is C15H22N2O3. The van der Waals surface area contributed by atoms with Crippen LogP contribution in [0.2, 0.25) is 0 Å². The molecule has 1 aromatic rings. The van der Waals surface area contributed by atoms with Crippen LogP contribution in [0.4, 0.5) is 4.79 Å². The molecule has 0 saturated heterocycles. The molecule has 0 aromatic heterocycles. The molecule has 0 aliphatic rings. The van der Waals surface area contributed by atoms with E-state index in [-0.39, 0.29) is 12.0 Å². The van der Waals surface area contributed by atoms with Gasteiger partial charge in [-0.25, -0.2) is 9.59 Å². The number of carbonyl (C=O) groups excluding carboxylic acids is 1. The van der Waals surface area contributed by atoms with E-state index in [0.29, 0.717) is 0 Å². The van der Waals surface area contributed by atoms with Crippen molar-refractivity contribution in [2.45, 2.75) is 39.3 Å². The Hall–Kier alpha value is -2.04. The van der Waals surface area contributed by atoms with Crippen LogP contribution in [0.3, 0.4) is 0 Å². The maximum Gasteiger partial charge on any atom is 0.326 e. The number of aliphatic carboxylic acids is 1. The molecule has 3 N–H and O–H groups in total. The Labute approximate surface area is 119 Å². The van der Waals surface area contributed by atoms with Gasteiger partial charge in [0.05, 0.1) is 6.04 Å². The van der Waals surface area contributed by atoms with Crippen LogP contribution in [-0.4, -0.2) is 23.1 Å². The maximum atomic E-state index is 11.9. The molecular weight excluding hydrogens is 256 g/mol. The van der Waals surface area contributed by atoms with Gasteiger partial charge in [-0.3, -0.25) is 0 Å². The van der Waals surface area contributed by atoms with Gasteiger partial charge in [0.2, 0.25) is 0 Å². The summed E-state index contributed by atoms with van der Waals surface area (Å²) in [5.74, 6) is -1.20. The third-order valence-electron chi connectivity index (χ3n) is 3.13. The van der Waals surface area contributed by atoms with E-state index in [1.165, 1.54) is 0 Å². The monoisotopic (exact) mass is 278 g/mol. The van der Waals surface area contributed by atoms with Crippen molar-refractivity contribution in [3.05, 3.63) is 35.9 Å². The molecule has 0 bridgehead atoms. The molecule has 5 heteroatoms. The predicted molar refractivity (Wildman–Crippen MR) is 77.4 cm³/mol. The highest BCUT2D eigenvalue weighted by molar-refractivity contribution is 5.82. The number of carboxylic acid groups (broad SMARTS) is 1. The summed E-state index contributed by atoms with van der Waals surface area (Å²) in [4.78, 5) is 23.0. The van der Waals surface area contributed by atoms with Crippen LogP contribution in [0.25, 0.3) is 0 Å². The van der Waals surface area contributed by atoms with Gasteiger partial charge in [0.25, 0.3) is 0 Å². The summed E-state index contributed by atoms with van der Waals surface area (Å²) < 4.78 is 0. The molecule has 0 fully saturated rings. The molecule has 5 nitrogen and oxygen atoms in total. The molecule has 20 heavy (non-hydrogen) atoms. The lowest BCUT2D eigenvalue weighted by Crippen LogP contribution is -2.49. The number of benzene rings is 1. The quantitative estimate of drug-likeness (QED) is 0.748. The van der Waals surface area contributed by atoms with Gasteiger partial charge < -0.3 is 15.7 Å². The van der Waals surface area contributed by atoms with E-state index in [2.05, 4.69) is 10.6 Å². The van der Waals surface area contributed by atoms with E-state index in [1.807, 2.05) is 37.3 Å². The number of hydrogen-bond acceptors (Lipinski definition) is 2. The van der Waals surface area contributed by atoms with Crippen LogP contribution in [-0.2, 0) is 4.79 Å². The van der Waals surface area contributed by atoms with Crippen molar-refractivity contribution < 1.29 is 14.7 Å². The van der Waals surface area contributed by atoms with Crippen molar-refractivity contribution in [2.75, 3.05) is 0 Å². The van der Waals surface area contributed by atoms with Crippen LogP contribution < -0.4 is 10.6 Å². The minimum absolute atomic E-state index is 0.127. The van der Waals surface area contributed by atoms with E-state index in [1.54, 1.807) is 13.8 Å². The van der Waals surface area contributed by atoms with E-state index >= 15 is 0 Å². The minimum Gasteiger partial charge on any atom is -0.480 e. The van der Waals surface area contributed by atoms with Crippen molar-refractivity contribution in [3.63, 3.8) is 0 Å². The van der Waals surface area contributed by atoms with Crippen LogP contribution in [0.1, 0.15) is 38.8 Å². The first-order valence-electron chi connectivity index (χ1n) is 6.80. The average molecular weight is 278 g/mol. The Balaban J connectivity index is 2.66. The normalized spacial score (nSPS) is 13.6. The van der Waals surface area contributed by atoms with Gasteiger partial charge in [-0.2, -0.15) is 0 Å². The van der Waals surface area contributed by atoms with Gasteiger partial charge in [-0.1, -0.05) is 51.1 Å². The second-order valence-electron chi connectivity index (χ2n) is 5.05. The molecule has 1 unspecified atom stereocenters. The van der Waals surface area contributed by atoms with Crippen molar-refractivity contribution in [2.24, 2.45) is 5.92 Å². The summed E-state index contributed by atoms with van der Waals surface area (Å²) >= 11 is 0. The molecule has 0 heterocycles. The summed E-state index contributed by atoms with van der Waals surface area (Å²) in [6, 6.07) is 8.13. The Kier molecular flexibility index (Phi) is 6.03. The standard InChI is InChI=1S/C15H22N2O3/c1-4-12(11-8-6-5-7-9-11)16-15(20)17-13(10(2)3)14(18)19/h5-10,12-13H,4H2,1-3H3,(H,18,19)(H2,16,17,20)/t12?,13-/m1/s1. The molecule has 2 amide bonds. The predicted octanol–water partition coefficient (Wildman–Crippen LogP) is 2.55. The number of carboxylic acids is 1. The van der Waals surface area contributed by atoms with Crippen molar-refractivity contribution in [1.29, 1.82) is 0 Å². The SMILES string of the molecule is CCC(NC(=O)N[C@@H](C(=O)O)C(C)C)c1ccccc1. The van der Waals surface area contributed by atoms with E-state index in [4.69, 9.17) is 5.11 Å². The van der Waals surface area contributed by atoms with E-state index in [0.717, 1.165) is 12.0 Å². The molecule has 0 radical (unpaired) electrons. The number of nitrogens with one attached hydrogen (secondary N) is 2. The summed E-state index contributed by atoms with van der Waals surface area (Å²) in [6.07, 6.45) is 0.733. The van der Waals surface area contributed by atoms with E-state index < -0.39 is 18.0 Å². The van der Waals surface area contributed by atoms with Gasteiger partial charge in [0.15, 0.2) is 0 Å². The molecule has 0 aliphatic carbocycles. The summed E-state index contributed by atoms with van der Waals surface area (Å²) in [6.45, 7) is 5.48. The lowest BCUT2D eigenvalue weighted by atomic mass is 10.0. The molecule has 0 aliphatic heterocycles. The first-order chi connectivity index (χ1) is 9.45. The number of rotatable bonds is 6. The fraction of sp³-hybridized carbons (Fsp3) is 0.467. The first kappa shape index (κ1) is 16.0. The summed E-state index contributed by atoms with van der Waals surface area (Å²) in [5.41, 5.74) is 1.00. The van der Waals surface area contributed by atoms with Gasteiger partial charge in [-0.15, -0.1) is 0 Å². The number of carbonyl (C=O) groups is 2. The van der Waals surface area contributed by atoms with Crippen molar-refractivity contribution in [3.8, 4) is 0 Å². The van der Waals surface area contributed by atoms with Crippen molar-refractivity contribution >= 4 is 12.0 Å². The summed E-state index contributed by atoms with van der Waals surface area (Å²) in [5, 5.41) is 14.4. The lowest BCUT2D eigenvalue weighted by molar-refractivity contribution is -0.140. The molecule has 0 spiro atoms. The zero-order valence-electron chi connectivity index (χ0n) is 12.1. The first-order valence-corrected chi connectivity index (χ1v) is 6.80. The Morgan fingerprint density at radius 2 is 1.75 bits per heavy atom. The Morgan fingerprint density at radius 1 is 1.15 bits per heavy atom. The summed E-state index contributed by atoms with van der Waals surface area (Å²) in [7, 11) is 0. The Morgan fingerprint density at radius 3 is 2.20 bits per heavy atom. The van der Waals surface area contributed by atoms with E-state index in [9.17, 15) is 9.59 Å².